The second kappa shape index (κ2) is 7.60. The highest BCUT2D eigenvalue weighted by atomic mass is 16.5. The average Bonchev–Trinajstić information content (AvgIpc) is 2.41. The second-order valence-electron chi connectivity index (χ2n) is 6.81. The number of ketones is 1. The number of carbonyl (C=O) groups is 1. The minimum absolute atomic E-state index is 0.154. The molecule has 0 aliphatic carbocycles. The van der Waals surface area contributed by atoms with E-state index >= 15 is 0 Å². The van der Waals surface area contributed by atoms with Gasteiger partial charge in [-0.05, 0) is 49.8 Å². The van der Waals surface area contributed by atoms with Crippen LogP contribution in [0.2, 0.25) is 0 Å². The zero-order chi connectivity index (χ0) is 16.0. The molecular formula is C18H29NO2. The third kappa shape index (κ3) is 5.16. The highest BCUT2D eigenvalue weighted by Crippen LogP contribution is 2.33. The van der Waals surface area contributed by atoms with Crippen LogP contribution in [0.5, 0.6) is 5.75 Å². The van der Waals surface area contributed by atoms with Gasteiger partial charge < -0.3 is 10.5 Å². The molecule has 0 bridgehead atoms. The van der Waals surface area contributed by atoms with E-state index in [1.807, 2.05) is 25.1 Å². The molecule has 0 saturated heterocycles. The molecule has 0 saturated carbocycles. The van der Waals surface area contributed by atoms with Gasteiger partial charge in [-0.1, -0.05) is 32.4 Å². The van der Waals surface area contributed by atoms with Crippen LogP contribution in [-0.4, -0.2) is 19.4 Å². The minimum Gasteiger partial charge on any atom is -0.496 e. The predicted octanol–water partition coefficient (Wildman–Crippen LogP) is 3.98. The zero-order valence-electron chi connectivity index (χ0n) is 14.0. The number of benzene rings is 1. The number of Topliss-reactive ketones (excluding diaryl/α,β-unsaturated/α-hetero) is 1. The molecule has 3 heteroatoms. The van der Waals surface area contributed by atoms with E-state index in [4.69, 9.17) is 10.5 Å². The molecule has 1 atom stereocenters. The van der Waals surface area contributed by atoms with Crippen molar-refractivity contribution in [2.45, 2.75) is 47.0 Å². The van der Waals surface area contributed by atoms with Crippen LogP contribution in [0, 0.1) is 18.3 Å². The van der Waals surface area contributed by atoms with Crippen LogP contribution < -0.4 is 10.5 Å². The Hall–Kier alpha value is -1.35. The van der Waals surface area contributed by atoms with E-state index in [0.29, 0.717) is 30.2 Å². The van der Waals surface area contributed by atoms with Gasteiger partial charge in [0.2, 0.25) is 0 Å². The Morgan fingerprint density at radius 3 is 2.48 bits per heavy atom. The minimum atomic E-state index is 0.154. The van der Waals surface area contributed by atoms with Gasteiger partial charge in [-0.2, -0.15) is 0 Å². The third-order valence-corrected chi connectivity index (χ3v) is 4.12. The summed E-state index contributed by atoms with van der Waals surface area (Å²) >= 11 is 0. The molecular weight excluding hydrogens is 262 g/mol. The number of ether oxygens (including phenoxy) is 1. The van der Waals surface area contributed by atoms with Gasteiger partial charge in [-0.15, -0.1) is 0 Å². The van der Waals surface area contributed by atoms with E-state index < -0.39 is 0 Å². The number of methoxy groups -OCH3 is 1. The van der Waals surface area contributed by atoms with Gasteiger partial charge in [0, 0.05) is 6.42 Å². The van der Waals surface area contributed by atoms with Crippen molar-refractivity contribution in [3.63, 3.8) is 0 Å². The maximum Gasteiger partial charge on any atom is 0.166 e. The van der Waals surface area contributed by atoms with Crippen molar-refractivity contribution >= 4 is 5.78 Å². The summed E-state index contributed by atoms with van der Waals surface area (Å²) in [4.78, 5) is 12.5. The maximum absolute atomic E-state index is 12.5. The lowest BCUT2D eigenvalue weighted by atomic mass is 9.75. The van der Waals surface area contributed by atoms with Gasteiger partial charge in [0.25, 0.3) is 0 Å². The molecule has 0 aliphatic rings. The van der Waals surface area contributed by atoms with Crippen molar-refractivity contribution in [1.82, 2.24) is 0 Å². The molecule has 3 nitrogen and oxygen atoms in total. The molecule has 0 amide bonds. The van der Waals surface area contributed by atoms with E-state index in [1.165, 1.54) is 0 Å². The molecule has 1 rings (SSSR count). The van der Waals surface area contributed by atoms with Crippen molar-refractivity contribution in [2.24, 2.45) is 17.1 Å². The smallest absolute Gasteiger partial charge is 0.166 e. The SMILES string of the molecule is COc1ccc(C)cc1C(=O)CCC(CCN)C(C)(C)C. The number of hydrogen-bond donors (Lipinski definition) is 1. The summed E-state index contributed by atoms with van der Waals surface area (Å²) in [7, 11) is 1.60. The van der Waals surface area contributed by atoms with E-state index in [-0.39, 0.29) is 11.2 Å². The normalized spacial score (nSPS) is 13.0. The summed E-state index contributed by atoms with van der Waals surface area (Å²) in [6.07, 6.45) is 2.38. The molecule has 0 aliphatic heterocycles. The van der Waals surface area contributed by atoms with Crippen molar-refractivity contribution in [3.05, 3.63) is 29.3 Å². The van der Waals surface area contributed by atoms with Gasteiger partial charge in [0.15, 0.2) is 5.78 Å². The largest absolute Gasteiger partial charge is 0.496 e. The lowest BCUT2D eigenvalue weighted by molar-refractivity contribution is 0.0954. The van der Waals surface area contributed by atoms with Crippen molar-refractivity contribution in [2.75, 3.05) is 13.7 Å². The number of aryl methyl sites for hydroxylation is 1. The van der Waals surface area contributed by atoms with Crippen LogP contribution >= 0.6 is 0 Å². The highest BCUT2D eigenvalue weighted by molar-refractivity contribution is 5.98. The summed E-state index contributed by atoms with van der Waals surface area (Å²) < 4.78 is 5.30. The Morgan fingerprint density at radius 1 is 1.29 bits per heavy atom. The van der Waals surface area contributed by atoms with E-state index in [9.17, 15) is 4.79 Å². The molecule has 0 radical (unpaired) electrons. The first kappa shape index (κ1) is 17.7. The Morgan fingerprint density at radius 2 is 1.95 bits per heavy atom. The molecule has 0 heterocycles. The second-order valence-corrected chi connectivity index (χ2v) is 6.81. The summed E-state index contributed by atoms with van der Waals surface area (Å²) in [5, 5.41) is 0. The van der Waals surface area contributed by atoms with Crippen LogP contribution in [0.15, 0.2) is 18.2 Å². The van der Waals surface area contributed by atoms with Crippen molar-refractivity contribution < 1.29 is 9.53 Å². The predicted molar refractivity (Wildman–Crippen MR) is 87.9 cm³/mol. The quantitative estimate of drug-likeness (QED) is 0.773. The molecule has 0 spiro atoms. The number of nitrogens with two attached hydrogens (primary N) is 1. The summed E-state index contributed by atoms with van der Waals surface area (Å²) in [5.41, 5.74) is 7.65. The van der Waals surface area contributed by atoms with Crippen LogP contribution in [0.4, 0.5) is 0 Å². The fourth-order valence-electron chi connectivity index (χ4n) is 2.69. The molecule has 2 N–H and O–H groups in total. The monoisotopic (exact) mass is 291 g/mol. The first-order chi connectivity index (χ1) is 9.79. The highest BCUT2D eigenvalue weighted by Gasteiger charge is 2.25. The zero-order valence-corrected chi connectivity index (χ0v) is 14.0. The van der Waals surface area contributed by atoms with Crippen LogP contribution in [0.25, 0.3) is 0 Å². The molecule has 21 heavy (non-hydrogen) atoms. The molecule has 0 fully saturated rings. The first-order valence-electron chi connectivity index (χ1n) is 7.67. The van der Waals surface area contributed by atoms with Gasteiger partial charge in [-0.25, -0.2) is 0 Å². The van der Waals surface area contributed by atoms with E-state index in [2.05, 4.69) is 20.8 Å². The fourth-order valence-corrected chi connectivity index (χ4v) is 2.69. The Kier molecular flexibility index (Phi) is 6.41. The topological polar surface area (TPSA) is 52.3 Å². The first-order valence-corrected chi connectivity index (χ1v) is 7.67. The van der Waals surface area contributed by atoms with Gasteiger partial charge in [0.1, 0.15) is 5.75 Å². The summed E-state index contributed by atoms with van der Waals surface area (Å²) in [5.74, 6) is 1.28. The number of hydrogen-bond acceptors (Lipinski definition) is 3. The van der Waals surface area contributed by atoms with Gasteiger partial charge in [-0.3, -0.25) is 4.79 Å². The van der Waals surface area contributed by atoms with Crippen molar-refractivity contribution in [3.8, 4) is 5.75 Å². The van der Waals surface area contributed by atoms with E-state index in [1.54, 1.807) is 7.11 Å². The molecule has 118 valence electrons. The Balaban J connectivity index is 2.79. The third-order valence-electron chi connectivity index (χ3n) is 4.12. The lowest BCUT2D eigenvalue weighted by Gasteiger charge is -2.30. The average molecular weight is 291 g/mol. The van der Waals surface area contributed by atoms with Crippen molar-refractivity contribution in [1.29, 1.82) is 0 Å². The fraction of sp³-hybridized carbons (Fsp3) is 0.611. The number of carbonyl (C=O) groups excluding carboxylic acids is 1. The van der Waals surface area contributed by atoms with Crippen LogP contribution in [-0.2, 0) is 0 Å². The van der Waals surface area contributed by atoms with Crippen LogP contribution in [0.1, 0.15) is 56.0 Å². The van der Waals surface area contributed by atoms with Gasteiger partial charge in [0.05, 0.1) is 12.7 Å². The molecule has 0 aromatic heterocycles. The van der Waals surface area contributed by atoms with E-state index in [0.717, 1.165) is 18.4 Å². The van der Waals surface area contributed by atoms with Crippen LogP contribution in [0.3, 0.4) is 0 Å². The number of rotatable bonds is 7. The molecule has 1 unspecified atom stereocenters. The molecule has 1 aromatic carbocycles. The lowest BCUT2D eigenvalue weighted by Crippen LogP contribution is -2.24. The maximum atomic E-state index is 12.5. The van der Waals surface area contributed by atoms with Gasteiger partial charge >= 0.3 is 0 Å². The summed E-state index contributed by atoms with van der Waals surface area (Å²) in [6.45, 7) is 9.30. The molecule has 1 aromatic rings. The standard InChI is InChI=1S/C18H29NO2/c1-13-6-9-17(21-5)15(12-13)16(20)8-7-14(10-11-19)18(2,3)4/h6,9,12,14H,7-8,10-11,19H2,1-5H3. The summed E-state index contributed by atoms with van der Waals surface area (Å²) in [6, 6.07) is 5.74. The Labute approximate surface area is 128 Å². The Bertz CT molecular complexity index is 475.